The summed E-state index contributed by atoms with van der Waals surface area (Å²) >= 11 is 0. The van der Waals surface area contributed by atoms with Crippen molar-refractivity contribution in [2.45, 2.75) is 117 Å². The fourth-order valence-electron chi connectivity index (χ4n) is 11.4. The van der Waals surface area contributed by atoms with Gasteiger partial charge in [0, 0.05) is 72.5 Å². The molecule has 9 aromatic rings. The van der Waals surface area contributed by atoms with Crippen molar-refractivity contribution < 1.29 is 0 Å². The maximum Gasteiger partial charge on any atom is 0.298 e. The Labute approximate surface area is 341 Å². The Balaban J connectivity index is 1.41. The molecule has 0 atom stereocenters. The average molecular weight is 758 g/mol. The van der Waals surface area contributed by atoms with E-state index in [4.69, 9.17) is 9.97 Å². The molecular weight excluding hydrogens is 705 g/mol. The largest absolute Gasteiger partial charge is 0.334 e. The van der Waals surface area contributed by atoms with E-state index in [2.05, 4.69) is 183 Å². The summed E-state index contributed by atoms with van der Waals surface area (Å²) in [6, 6.07) is 26.4. The number of pyridine rings is 2. The number of aromatic nitrogens is 4. The summed E-state index contributed by atoms with van der Waals surface area (Å²) in [6.07, 6.45) is 4.13. The Morgan fingerprint density at radius 3 is 1.62 bits per heavy atom. The van der Waals surface area contributed by atoms with E-state index in [0.29, 0.717) is 0 Å². The normalized spacial score (nSPS) is 16.9. The third-order valence-electron chi connectivity index (χ3n) is 15.2. The van der Waals surface area contributed by atoms with Crippen LogP contribution < -0.4 is 21.5 Å². The lowest BCUT2D eigenvalue weighted by Crippen LogP contribution is -2.64. The predicted molar refractivity (Wildman–Crippen MR) is 247 cm³/mol. The van der Waals surface area contributed by atoms with Crippen molar-refractivity contribution >= 4 is 94.6 Å². The van der Waals surface area contributed by atoms with Crippen LogP contribution in [-0.2, 0) is 21.7 Å². The van der Waals surface area contributed by atoms with Crippen molar-refractivity contribution in [1.29, 1.82) is 0 Å². The maximum absolute atomic E-state index is 5.43. The molecule has 0 saturated heterocycles. The molecule has 0 radical (unpaired) electrons. The predicted octanol–water partition coefficient (Wildman–Crippen LogP) is 11.0. The van der Waals surface area contributed by atoms with Gasteiger partial charge in [-0.2, -0.15) is 0 Å². The van der Waals surface area contributed by atoms with Gasteiger partial charge in [-0.25, -0.2) is 0 Å². The van der Waals surface area contributed by atoms with Gasteiger partial charge in [0.1, 0.15) is 0 Å². The Morgan fingerprint density at radius 2 is 1.03 bits per heavy atom. The van der Waals surface area contributed by atoms with E-state index in [0.717, 1.165) is 11.2 Å². The topological polar surface area (TPSA) is 38.4 Å². The van der Waals surface area contributed by atoms with Gasteiger partial charge in [-0.3, -0.25) is 9.97 Å². The Kier molecular flexibility index (Phi) is 6.02. The van der Waals surface area contributed by atoms with E-state index < -0.39 is 0 Å². The van der Waals surface area contributed by atoms with Crippen molar-refractivity contribution in [3.05, 3.63) is 101 Å². The molecule has 4 aromatic carbocycles. The average Bonchev–Trinajstić information content (AvgIpc) is 3.83. The van der Waals surface area contributed by atoms with Gasteiger partial charge in [0.25, 0.3) is 6.71 Å². The summed E-state index contributed by atoms with van der Waals surface area (Å²) in [7, 11) is 0. The summed E-state index contributed by atoms with van der Waals surface area (Å²) in [5.74, 6) is 0. The fraction of sp³-hybridized carbons (Fsp3) is 0.346. The van der Waals surface area contributed by atoms with Gasteiger partial charge in [-0.15, -0.1) is 0 Å². The minimum Gasteiger partial charge on any atom is -0.334 e. The zero-order chi connectivity index (χ0) is 40.5. The second-order valence-corrected chi connectivity index (χ2v) is 22.0. The number of hydrogen-bond donors (Lipinski definition) is 0. The maximum atomic E-state index is 5.43. The third kappa shape index (κ3) is 3.83. The first kappa shape index (κ1) is 34.7. The first-order valence-electron chi connectivity index (χ1n) is 21.3. The molecule has 8 heterocycles. The second-order valence-electron chi connectivity index (χ2n) is 22.0. The molecule has 12 rings (SSSR count). The lowest BCUT2D eigenvalue weighted by Gasteiger charge is -2.46. The first-order valence-corrected chi connectivity index (χ1v) is 21.3. The molecule has 58 heavy (non-hydrogen) atoms. The number of fused-ring (bicyclic) bond motifs is 15. The Bertz CT molecular complexity index is 3350. The van der Waals surface area contributed by atoms with Gasteiger partial charge < -0.3 is 13.9 Å². The molecular formula is C52H52BN5. The molecule has 5 aromatic heterocycles. The number of rotatable bonds is 0. The van der Waals surface area contributed by atoms with Crippen LogP contribution in [0.5, 0.6) is 0 Å². The minimum absolute atomic E-state index is 0.00786. The van der Waals surface area contributed by atoms with E-state index in [1.165, 1.54) is 105 Å². The van der Waals surface area contributed by atoms with E-state index in [1.807, 2.05) is 0 Å². The minimum atomic E-state index is -0.267. The lowest BCUT2D eigenvalue weighted by atomic mass is 9.36. The first-order chi connectivity index (χ1) is 27.2. The zero-order valence-corrected chi connectivity index (χ0v) is 36.3. The van der Waals surface area contributed by atoms with Crippen LogP contribution in [0.1, 0.15) is 112 Å². The molecule has 5 nitrogen and oxygen atoms in total. The monoisotopic (exact) mass is 757 g/mol. The smallest absolute Gasteiger partial charge is 0.298 e. The highest BCUT2D eigenvalue weighted by Gasteiger charge is 2.58. The van der Waals surface area contributed by atoms with Crippen molar-refractivity contribution in [1.82, 2.24) is 18.9 Å². The summed E-state index contributed by atoms with van der Waals surface area (Å²) < 4.78 is 5.25. The Morgan fingerprint density at radius 1 is 0.517 bits per heavy atom. The van der Waals surface area contributed by atoms with Gasteiger partial charge in [-0.1, -0.05) is 94.4 Å². The standard InChI is InChI=1S/C52H52BN5/c1-48(2,3)27-14-17-35-31(24-27)30-20-22-54-46-41(30)57(35)44-38-32-25-28(49(4,5)6)15-18-36(32)56-37-19-16-29(50(7,8)9)26-33(37)39(43(38)56)45-40(44)53(46)47-42-34(21-23-55-47)51(10,11)52(12,13)58(42)45/h14-26H,1-13H3. The van der Waals surface area contributed by atoms with Gasteiger partial charge in [0.2, 0.25) is 0 Å². The second kappa shape index (κ2) is 10.1. The number of nitrogens with zero attached hydrogens (tertiary/aromatic N) is 5. The van der Waals surface area contributed by atoms with Gasteiger partial charge in [0.05, 0.1) is 39.0 Å². The van der Waals surface area contributed by atoms with Crippen LogP contribution >= 0.6 is 0 Å². The van der Waals surface area contributed by atoms with Crippen LogP contribution in [0.4, 0.5) is 11.4 Å². The molecule has 0 N–H and O–H groups in total. The highest BCUT2D eigenvalue weighted by atomic mass is 15.3. The molecule has 0 aliphatic carbocycles. The lowest BCUT2D eigenvalue weighted by molar-refractivity contribution is 0.331. The van der Waals surface area contributed by atoms with Crippen LogP contribution in [0.25, 0.3) is 65.6 Å². The molecule has 0 bridgehead atoms. The van der Waals surface area contributed by atoms with Crippen LogP contribution in [0, 0.1) is 0 Å². The molecule has 6 heteroatoms. The van der Waals surface area contributed by atoms with Gasteiger partial charge >= 0.3 is 0 Å². The molecule has 0 fully saturated rings. The van der Waals surface area contributed by atoms with Gasteiger partial charge in [0.15, 0.2) is 0 Å². The summed E-state index contributed by atoms with van der Waals surface area (Å²) in [4.78, 5) is 13.6. The van der Waals surface area contributed by atoms with Crippen LogP contribution in [0.15, 0.2) is 79.1 Å². The molecule has 0 unspecified atom stereocenters. The fourth-order valence-corrected chi connectivity index (χ4v) is 11.4. The number of benzene rings is 4. The van der Waals surface area contributed by atoms with E-state index >= 15 is 0 Å². The van der Waals surface area contributed by atoms with E-state index in [1.54, 1.807) is 0 Å². The molecule has 0 amide bonds. The summed E-state index contributed by atoms with van der Waals surface area (Å²) in [5.41, 5.74) is 18.7. The van der Waals surface area contributed by atoms with Crippen LogP contribution in [0.3, 0.4) is 0 Å². The molecule has 3 aliphatic heterocycles. The third-order valence-corrected chi connectivity index (χ3v) is 15.2. The van der Waals surface area contributed by atoms with Crippen LogP contribution in [-0.4, -0.2) is 31.2 Å². The molecule has 0 spiro atoms. The van der Waals surface area contributed by atoms with Crippen molar-refractivity contribution in [3.63, 3.8) is 0 Å². The summed E-state index contributed by atoms with van der Waals surface area (Å²) in [5, 5.41) is 7.87. The van der Waals surface area contributed by atoms with E-state index in [-0.39, 0.29) is 33.9 Å². The molecule has 288 valence electrons. The zero-order valence-electron chi connectivity index (χ0n) is 36.3. The van der Waals surface area contributed by atoms with Crippen molar-refractivity contribution in [2.24, 2.45) is 0 Å². The van der Waals surface area contributed by atoms with Crippen molar-refractivity contribution in [2.75, 3.05) is 4.90 Å². The van der Waals surface area contributed by atoms with Crippen LogP contribution in [0.2, 0.25) is 0 Å². The highest BCUT2D eigenvalue weighted by molar-refractivity contribution is 7.00. The SMILES string of the molecule is CC(C)(C)c1ccc2c(c1)c1ccnc3c1n2-c1c2c(c4c5cc(C(C)(C)C)ccc5n5c6ccc(C(C)(C)C)cc6c1c45)N1c4c(ccnc4B23)C(C)(C)C1(C)C. The van der Waals surface area contributed by atoms with Crippen molar-refractivity contribution in [3.8, 4) is 5.69 Å². The quantitative estimate of drug-likeness (QED) is 0.145. The number of hydrogen-bond acceptors (Lipinski definition) is 3. The van der Waals surface area contributed by atoms with Gasteiger partial charge in [-0.05, 0) is 106 Å². The molecule has 0 saturated carbocycles. The molecule has 3 aliphatic rings. The number of anilines is 2. The Hall–Kier alpha value is -5.36. The van der Waals surface area contributed by atoms with E-state index in [9.17, 15) is 0 Å². The highest BCUT2D eigenvalue weighted by Crippen LogP contribution is 2.59. The summed E-state index contributed by atoms with van der Waals surface area (Å²) in [6.45, 7) is 30.6.